The van der Waals surface area contributed by atoms with Crippen LogP contribution in [0.5, 0.6) is 6.01 Å². The maximum atomic E-state index is 12.8. The van der Waals surface area contributed by atoms with Crippen molar-refractivity contribution < 1.29 is 19.4 Å². The molecule has 5 N–H and O–H groups in total. The van der Waals surface area contributed by atoms with E-state index in [2.05, 4.69) is 9.97 Å². The van der Waals surface area contributed by atoms with Gasteiger partial charge in [0.1, 0.15) is 29.7 Å². The zero-order chi connectivity index (χ0) is 28.4. The van der Waals surface area contributed by atoms with Gasteiger partial charge in [0.15, 0.2) is 0 Å². The predicted octanol–water partition coefficient (Wildman–Crippen LogP) is 3.00. The van der Waals surface area contributed by atoms with E-state index < -0.39 is 11.6 Å². The van der Waals surface area contributed by atoms with Gasteiger partial charge in [0.05, 0.1) is 12.3 Å². The minimum Gasteiger partial charge on any atom is -0.459 e. The Labute approximate surface area is 228 Å². The molecule has 3 aromatic rings. The third-order valence-corrected chi connectivity index (χ3v) is 5.80. The predicted molar refractivity (Wildman–Crippen MR) is 149 cm³/mol. The number of anilines is 2. The molecule has 0 amide bonds. The number of rotatable bonds is 12. The number of nitrogen functional groups attached to an aromatic ring is 1. The van der Waals surface area contributed by atoms with Gasteiger partial charge in [-0.1, -0.05) is 36.4 Å². The molecule has 1 heterocycles. The quantitative estimate of drug-likeness (QED) is 0.180. The molecule has 0 aliphatic heterocycles. The second kappa shape index (κ2) is 13.4. The highest BCUT2D eigenvalue weighted by Crippen LogP contribution is 2.22. The monoisotopic (exact) mass is 530 g/mol. The number of carbonyl (C=O) groups is 1. The normalized spacial score (nSPS) is 11.5. The highest BCUT2D eigenvalue weighted by molar-refractivity contribution is 5.98. The molecule has 2 aromatic carbocycles. The molecule has 0 unspecified atom stereocenters. The molecule has 0 saturated carbocycles. The fourth-order valence-electron chi connectivity index (χ4n) is 3.75. The molecule has 0 atom stereocenters. The first kappa shape index (κ1) is 29.1. The van der Waals surface area contributed by atoms with Crippen LogP contribution in [0.25, 0.3) is 6.08 Å². The van der Waals surface area contributed by atoms with E-state index in [0.717, 1.165) is 16.8 Å². The summed E-state index contributed by atoms with van der Waals surface area (Å²) in [5.74, 6) is -0.523. The van der Waals surface area contributed by atoms with Crippen LogP contribution in [0.4, 0.5) is 11.5 Å². The summed E-state index contributed by atoms with van der Waals surface area (Å²) in [6.45, 7) is 4.70. The van der Waals surface area contributed by atoms with Crippen molar-refractivity contribution in [3.63, 3.8) is 0 Å². The van der Waals surface area contributed by atoms with Gasteiger partial charge in [-0.3, -0.25) is 0 Å². The fraction of sp³-hybridized carbons (Fsp3) is 0.310. The average Bonchev–Trinajstić information content (AvgIpc) is 2.90. The van der Waals surface area contributed by atoms with Gasteiger partial charge in [-0.15, -0.1) is 0 Å². The van der Waals surface area contributed by atoms with E-state index in [1.165, 1.54) is 6.08 Å². The summed E-state index contributed by atoms with van der Waals surface area (Å²) >= 11 is 0. The lowest BCUT2D eigenvalue weighted by Crippen LogP contribution is -2.31. The Kier molecular flexibility index (Phi) is 9.98. The Bertz CT molecular complexity index is 1330. The van der Waals surface area contributed by atoms with E-state index in [9.17, 15) is 10.1 Å². The third-order valence-electron chi connectivity index (χ3n) is 5.80. The molecule has 3 rings (SSSR count). The van der Waals surface area contributed by atoms with E-state index in [-0.39, 0.29) is 37.0 Å². The minimum absolute atomic E-state index is 0.0400. The average molecular weight is 531 g/mol. The molecule has 0 fully saturated rings. The maximum Gasteiger partial charge on any atom is 0.349 e. The van der Waals surface area contributed by atoms with Crippen molar-refractivity contribution in [3.05, 3.63) is 82.6 Å². The number of hydrogen-bond donors (Lipinski definition) is 3. The van der Waals surface area contributed by atoms with Crippen molar-refractivity contribution >= 4 is 23.6 Å². The summed E-state index contributed by atoms with van der Waals surface area (Å²) in [6.07, 6.45) is 1.69. The highest BCUT2D eigenvalue weighted by atomic mass is 16.6. The third kappa shape index (κ3) is 8.81. The number of hydrogen-bond acceptors (Lipinski definition) is 10. The van der Waals surface area contributed by atoms with Crippen molar-refractivity contribution in [1.29, 1.82) is 5.26 Å². The van der Waals surface area contributed by atoms with Gasteiger partial charge in [-0.05, 0) is 48.7 Å². The SMILES string of the molecule is CN(CCO)c1ccc(/C=C(\C#N)C(=O)OC(C)(C)Cc2cc(N)nc(OCc3ccc(CN)cc3)n2)cc1. The Morgan fingerprint density at radius 3 is 2.41 bits per heavy atom. The number of aliphatic hydroxyl groups excluding tert-OH is 1. The summed E-state index contributed by atoms with van der Waals surface area (Å²) in [7, 11) is 1.86. The lowest BCUT2D eigenvalue weighted by atomic mass is 10.0. The van der Waals surface area contributed by atoms with E-state index >= 15 is 0 Å². The van der Waals surface area contributed by atoms with Gasteiger partial charge in [-0.2, -0.15) is 15.2 Å². The topological polar surface area (TPSA) is 161 Å². The van der Waals surface area contributed by atoms with Crippen molar-refractivity contribution in [2.24, 2.45) is 5.73 Å². The number of carbonyl (C=O) groups excluding carboxylic acids is 1. The first-order chi connectivity index (χ1) is 18.6. The smallest absolute Gasteiger partial charge is 0.349 e. The largest absolute Gasteiger partial charge is 0.459 e. The Hall–Kier alpha value is -4.46. The zero-order valence-electron chi connectivity index (χ0n) is 22.4. The summed E-state index contributed by atoms with van der Waals surface area (Å²) < 4.78 is 11.4. The molecule has 0 bridgehead atoms. The molecule has 0 saturated heterocycles. The molecule has 39 heavy (non-hydrogen) atoms. The molecule has 0 aliphatic rings. The molecule has 0 spiro atoms. The molecular weight excluding hydrogens is 496 g/mol. The summed E-state index contributed by atoms with van der Waals surface area (Å²) in [5.41, 5.74) is 14.5. The second-order valence-electron chi connectivity index (χ2n) is 9.61. The van der Waals surface area contributed by atoms with Crippen LogP contribution in [-0.4, -0.2) is 46.8 Å². The van der Waals surface area contributed by atoms with E-state index in [0.29, 0.717) is 24.3 Å². The van der Waals surface area contributed by atoms with E-state index in [1.807, 2.05) is 54.4 Å². The van der Waals surface area contributed by atoms with Gasteiger partial charge in [0.25, 0.3) is 0 Å². The van der Waals surface area contributed by atoms with Crippen molar-refractivity contribution in [1.82, 2.24) is 9.97 Å². The van der Waals surface area contributed by atoms with Gasteiger partial charge in [0, 0.05) is 38.3 Å². The number of aromatic nitrogens is 2. The molecule has 1 aromatic heterocycles. The van der Waals surface area contributed by atoms with Crippen molar-refractivity contribution in [2.75, 3.05) is 30.8 Å². The summed E-state index contributed by atoms with van der Waals surface area (Å²) in [5, 5.41) is 18.7. The lowest BCUT2D eigenvalue weighted by molar-refractivity contribution is -0.150. The van der Waals surface area contributed by atoms with Gasteiger partial charge < -0.3 is 30.9 Å². The van der Waals surface area contributed by atoms with Crippen LogP contribution in [0.3, 0.4) is 0 Å². The van der Waals surface area contributed by atoms with Crippen LogP contribution in [-0.2, 0) is 29.1 Å². The molecule has 0 aliphatic carbocycles. The van der Waals surface area contributed by atoms with Crippen LogP contribution in [0.2, 0.25) is 0 Å². The number of nitrogens with two attached hydrogens (primary N) is 2. The first-order valence-electron chi connectivity index (χ1n) is 12.4. The van der Waals surface area contributed by atoms with Crippen molar-refractivity contribution in [2.45, 2.75) is 39.0 Å². The van der Waals surface area contributed by atoms with E-state index in [1.54, 1.807) is 32.0 Å². The number of nitrogens with zero attached hydrogens (tertiary/aromatic N) is 4. The maximum absolute atomic E-state index is 12.8. The second-order valence-corrected chi connectivity index (χ2v) is 9.61. The Morgan fingerprint density at radius 2 is 1.79 bits per heavy atom. The number of esters is 1. The van der Waals surface area contributed by atoms with Crippen LogP contribution >= 0.6 is 0 Å². The summed E-state index contributed by atoms with van der Waals surface area (Å²) in [4.78, 5) is 23.3. The van der Waals surface area contributed by atoms with Gasteiger partial charge >= 0.3 is 12.0 Å². The number of benzene rings is 2. The number of aliphatic hydroxyl groups is 1. The van der Waals surface area contributed by atoms with Gasteiger partial charge in [0.2, 0.25) is 0 Å². The lowest BCUT2D eigenvalue weighted by Gasteiger charge is -2.24. The first-order valence-corrected chi connectivity index (χ1v) is 12.4. The standard InChI is InChI=1S/C29H34N6O4/c1-29(2,39-27(37)23(18-31)14-20-8-10-25(11-9-20)35(3)12-13-36)16-24-15-26(32)34-28(33-24)38-19-22-6-4-21(17-30)5-7-22/h4-11,14-15,36H,12-13,16-17,19,30H2,1-3H3,(H2,32,33,34)/b23-14+. The molecule has 0 radical (unpaired) electrons. The molecule has 10 nitrogen and oxygen atoms in total. The van der Waals surface area contributed by atoms with Crippen molar-refractivity contribution in [3.8, 4) is 12.1 Å². The number of likely N-dealkylation sites (N-methyl/N-ethyl adjacent to an activating group) is 1. The number of ether oxygens (including phenoxy) is 2. The number of nitriles is 1. The van der Waals surface area contributed by atoms with Gasteiger partial charge in [-0.25, -0.2) is 4.79 Å². The molecule has 10 heteroatoms. The Morgan fingerprint density at radius 1 is 1.13 bits per heavy atom. The van der Waals surface area contributed by atoms with Crippen LogP contribution in [0.1, 0.15) is 36.2 Å². The minimum atomic E-state index is -1.000. The van der Waals surface area contributed by atoms with Crippen LogP contribution in [0, 0.1) is 11.3 Å². The van der Waals surface area contributed by atoms with E-state index in [4.69, 9.17) is 26.0 Å². The van der Waals surface area contributed by atoms with Crippen LogP contribution < -0.4 is 21.1 Å². The fourth-order valence-corrected chi connectivity index (χ4v) is 3.75. The zero-order valence-corrected chi connectivity index (χ0v) is 22.4. The molecular formula is C29H34N6O4. The van der Waals surface area contributed by atoms with Crippen LogP contribution in [0.15, 0.2) is 60.2 Å². The Balaban J connectivity index is 1.65. The summed E-state index contributed by atoms with van der Waals surface area (Å²) in [6, 6.07) is 18.6. The highest BCUT2D eigenvalue weighted by Gasteiger charge is 2.27. The molecule has 204 valence electrons.